The van der Waals surface area contributed by atoms with E-state index in [-0.39, 0.29) is 89.1 Å². The van der Waals surface area contributed by atoms with Crippen LogP contribution in [0.5, 0.6) is 11.5 Å². The summed E-state index contributed by atoms with van der Waals surface area (Å²) in [6, 6.07) is 35.9. The van der Waals surface area contributed by atoms with Crippen molar-refractivity contribution in [1.82, 2.24) is 0 Å². The van der Waals surface area contributed by atoms with Crippen LogP contribution in [0.1, 0.15) is 44.5 Å². The van der Waals surface area contributed by atoms with Gasteiger partial charge >= 0.3 is 12.7 Å². The maximum Gasteiger partial charge on any atom is 0.573 e. The number of fused-ring (bicyclic) bond motifs is 2. The smallest absolute Gasteiger partial charge is 0.406 e. The summed E-state index contributed by atoms with van der Waals surface area (Å²) in [4.78, 5) is 0. The monoisotopic (exact) mass is 850 g/mol. The van der Waals surface area contributed by atoms with Gasteiger partial charge in [-0.25, -0.2) is 0 Å². The maximum absolute atomic E-state index is 13.4. The fraction of sp³-hybridized carbons (Fsp3) is 0.0417. The highest BCUT2D eigenvalue weighted by atomic mass is 19.4. The zero-order chi connectivity index (χ0) is 46.1. The predicted molar refractivity (Wildman–Crippen MR) is 214 cm³/mol. The minimum Gasteiger partial charge on any atom is -0.406 e. The molecular formula is C48H16F6N8O2. The number of hydrogen-bond donors (Lipinski definition) is 0. The molecule has 0 heterocycles. The Bertz CT molecular complexity index is 3120. The molecule has 0 saturated carbocycles. The van der Waals surface area contributed by atoms with Gasteiger partial charge < -0.3 is 9.47 Å². The molecule has 0 atom stereocenters. The lowest BCUT2D eigenvalue weighted by atomic mass is 9.80. The van der Waals surface area contributed by atoms with Crippen molar-refractivity contribution in [2.45, 2.75) is 12.7 Å². The van der Waals surface area contributed by atoms with Crippen molar-refractivity contribution in [2.24, 2.45) is 0 Å². The highest BCUT2D eigenvalue weighted by Gasteiger charge is 2.38. The molecule has 5 aromatic rings. The van der Waals surface area contributed by atoms with Crippen LogP contribution in [0.15, 0.2) is 108 Å². The van der Waals surface area contributed by atoms with Crippen molar-refractivity contribution >= 4 is 33.4 Å². The minimum atomic E-state index is -5.14. The van der Waals surface area contributed by atoms with Crippen LogP contribution < -0.4 is 9.47 Å². The third-order valence-electron chi connectivity index (χ3n) is 10.0. The second-order valence-corrected chi connectivity index (χ2v) is 13.5. The van der Waals surface area contributed by atoms with Crippen LogP contribution in [0.4, 0.5) is 26.3 Å². The summed E-state index contributed by atoms with van der Waals surface area (Å²) in [6.45, 7) is 0. The van der Waals surface area contributed by atoms with E-state index in [2.05, 4.69) is 9.47 Å². The number of nitriles is 8. The van der Waals surface area contributed by atoms with Gasteiger partial charge in [0.25, 0.3) is 0 Å². The van der Waals surface area contributed by atoms with E-state index in [0.29, 0.717) is 11.1 Å². The molecule has 7 rings (SSSR count). The first kappa shape index (κ1) is 42.3. The zero-order valence-corrected chi connectivity index (χ0v) is 31.9. The van der Waals surface area contributed by atoms with E-state index in [9.17, 15) is 68.4 Å². The van der Waals surface area contributed by atoms with Gasteiger partial charge in [0.05, 0.1) is 34.4 Å². The SMILES string of the molecule is N#CC(C#N)=C1C(c2cc(-c3ccc(C#N)cc3)c(C3=C(C#N)c4cc(OC(F)(F)F)ccc4C3=C(C#N)C#N)cc2-c2ccc(C#N)cc2)=C(C#N)c2cc(OC(F)(F)F)ccc21. The Hall–Kier alpha value is -9.84. The van der Waals surface area contributed by atoms with Gasteiger partial charge in [-0.2, -0.15) is 42.1 Å². The highest BCUT2D eigenvalue weighted by Crippen LogP contribution is 2.55. The van der Waals surface area contributed by atoms with Gasteiger partial charge in [0.1, 0.15) is 59.1 Å². The number of halogens is 6. The number of nitrogens with zero attached hydrogens (tertiary/aromatic N) is 8. The molecule has 64 heavy (non-hydrogen) atoms. The van der Waals surface area contributed by atoms with E-state index in [1.54, 1.807) is 24.3 Å². The summed E-state index contributed by atoms with van der Waals surface area (Å²) < 4.78 is 89.0. The van der Waals surface area contributed by atoms with Gasteiger partial charge in [0.2, 0.25) is 0 Å². The lowest BCUT2D eigenvalue weighted by Crippen LogP contribution is -2.17. The number of hydrogen-bond acceptors (Lipinski definition) is 10. The summed E-state index contributed by atoms with van der Waals surface area (Å²) in [5.41, 5.74) is -1.03. The van der Waals surface area contributed by atoms with Crippen LogP contribution in [0, 0.1) is 90.6 Å². The van der Waals surface area contributed by atoms with Gasteiger partial charge in [0.15, 0.2) is 0 Å². The van der Waals surface area contributed by atoms with Crippen molar-refractivity contribution in [1.29, 1.82) is 42.1 Å². The van der Waals surface area contributed by atoms with Gasteiger partial charge in [0, 0.05) is 33.4 Å². The second kappa shape index (κ2) is 16.3. The van der Waals surface area contributed by atoms with E-state index in [1.165, 1.54) is 60.7 Å². The fourth-order valence-electron chi connectivity index (χ4n) is 7.58. The molecule has 10 nitrogen and oxygen atoms in total. The summed E-state index contributed by atoms with van der Waals surface area (Å²) in [5, 5.41) is 82.0. The van der Waals surface area contributed by atoms with E-state index in [1.807, 2.05) is 24.3 Å². The minimum absolute atomic E-state index is 0.0180. The Morgan fingerprint density at radius 1 is 0.375 bits per heavy atom. The third-order valence-corrected chi connectivity index (χ3v) is 10.0. The maximum atomic E-state index is 13.4. The predicted octanol–water partition coefficient (Wildman–Crippen LogP) is 11.1. The first-order valence-corrected chi connectivity index (χ1v) is 18.0. The Morgan fingerprint density at radius 2 is 0.719 bits per heavy atom. The Labute approximate surface area is 358 Å². The molecule has 0 spiro atoms. The van der Waals surface area contributed by atoms with Crippen molar-refractivity contribution in [3.8, 4) is 82.3 Å². The first-order chi connectivity index (χ1) is 30.6. The molecule has 0 radical (unpaired) electrons. The van der Waals surface area contributed by atoms with Crippen molar-refractivity contribution in [3.63, 3.8) is 0 Å². The van der Waals surface area contributed by atoms with Gasteiger partial charge in [-0.15, -0.1) is 26.3 Å². The Morgan fingerprint density at radius 3 is 1.00 bits per heavy atom. The molecule has 2 aliphatic carbocycles. The molecule has 0 fully saturated rings. The lowest BCUT2D eigenvalue weighted by Gasteiger charge is -2.21. The molecule has 0 unspecified atom stereocenters. The van der Waals surface area contributed by atoms with E-state index < -0.39 is 35.4 Å². The molecule has 302 valence electrons. The molecule has 0 aromatic heterocycles. The van der Waals surface area contributed by atoms with Crippen LogP contribution in [0.25, 0.3) is 55.7 Å². The molecule has 0 aliphatic heterocycles. The van der Waals surface area contributed by atoms with Crippen molar-refractivity contribution < 1.29 is 35.8 Å². The first-order valence-electron chi connectivity index (χ1n) is 18.0. The van der Waals surface area contributed by atoms with E-state index >= 15 is 0 Å². The largest absolute Gasteiger partial charge is 0.573 e. The number of rotatable bonds is 6. The Balaban J connectivity index is 1.69. The highest BCUT2D eigenvalue weighted by molar-refractivity contribution is 6.29. The summed E-state index contributed by atoms with van der Waals surface area (Å²) in [7, 11) is 0. The van der Waals surface area contributed by atoms with Crippen LogP contribution in [-0.4, -0.2) is 12.7 Å². The zero-order valence-electron chi connectivity index (χ0n) is 31.9. The Kier molecular flexibility index (Phi) is 10.8. The van der Waals surface area contributed by atoms with Crippen molar-refractivity contribution in [2.75, 3.05) is 0 Å². The average molecular weight is 851 g/mol. The molecular weight excluding hydrogens is 835 g/mol. The summed E-state index contributed by atoms with van der Waals surface area (Å²) >= 11 is 0. The quantitative estimate of drug-likeness (QED) is 0.116. The summed E-state index contributed by atoms with van der Waals surface area (Å²) in [5.74, 6) is -1.44. The van der Waals surface area contributed by atoms with Gasteiger partial charge in [-0.3, -0.25) is 0 Å². The normalized spacial score (nSPS) is 12.5. The van der Waals surface area contributed by atoms with Crippen LogP contribution in [-0.2, 0) is 0 Å². The number of allylic oxidation sites excluding steroid dienone is 8. The average Bonchev–Trinajstić information content (AvgIpc) is 3.77. The van der Waals surface area contributed by atoms with Gasteiger partial charge in [-0.1, -0.05) is 24.3 Å². The van der Waals surface area contributed by atoms with Crippen LogP contribution in [0.2, 0.25) is 0 Å². The topological polar surface area (TPSA) is 209 Å². The lowest BCUT2D eigenvalue weighted by molar-refractivity contribution is -0.275. The van der Waals surface area contributed by atoms with Crippen molar-refractivity contribution in [3.05, 3.63) is 153 Å². The number of benzene rings is 5. The fourth-order valence-corrected chi connectivity index (χ4v) is 7.58. The van der Waals surface area contributed by atoms with Crippen LogP contribution in [0.3, 0.4) is 0 Å². The summed E-state index contributed by atoms with van der Waals surface area (Å²) in [6.07, 6.45) is -10.3. The molecule has 0 bridgehead atoms. The molecule has 16 heteroatoms. The molecule has 5 aromatic carbocycles. The van der Waals surface area contributed by atoms with Gasteiger partial charge in [-0.05, 0) is 117 Å². The standard InChI is InChI=1S/C48H16F6N8O2/c49-47(50,51)63-31-9-11-33-37(13-31)41(23-61)45(43(33)29(19-57)20-58)39-16-36(28-7-3-26(18-56)4-8-28)40(15-35(39)27-5-1-25(17-55)2-6-27)46-42(24-62)38-14-32(64-48(52,53)54)10-12-34(38)44(46)30(21-59)22-60/h1-16H. The number of ether oxygens (including phenoxy) is 2. The third kappa shape index (κ3) is 7.58. The van der Waals surface area contributed by atoms with E-state index in [0.717, 1.165) is 36.4 Å². The molecule has 2 aliphatic rings. The van der Waals surface area contributed by atoms with E-state index in [4.69, 9.17) is 0 Å². The second-order valence-electron chi connectivity index (χ2n) is 13.5. The molecule has 0 N–H and O–H groups in total. The molecule has 0 saturated heterocycles. The van der Waals surface area contributed by atoms with Crippen LogP contribution >= 0.6 is 0 Å². The number of alkyl halides is 6. The molecule has 0 amide bonds.